The monoisotopic (exact) mass is 292 g/mol. The van der Waals surface area contributed by atoms with Crippen LogP contribution in [0.5, 0.6) is 5.75 Å². The number of benzene rings is 1. The quantitative estimate of drug-likeness (QED) is 0.720. The molecule has 0 aliphatic carbocycles. The van der Waals surface area contributed by atoms with E-state index in [0.717, 1.165) is 57.7 Å². The Morgan fingerprint density at radius 1 is 1.29 bits per heavy atom. The summed E-state index contributed by atoms with van der Waals surface area (Å²) in [5.74, 6) is 0.984. The normalized spacial score (nSPS) is 17.0. The number of nitrogens with zero attached hydrogens (tertiary/aromatic N) is 1. The number of aliphatic hydroxyl groups is 1. The van der Waals surface area contributed by atoms with Crippen LogP contribution in [0, 0.1) is 0 Å². The summed E-state index contributed by atoms with van der Waals surface area (Å²) in [5.41, 5.74) is 1.22. The standard InChI is InChI=1S/C17H28N2O2/c1-2-21-17-7-4-3-6-15(17)14-18-10-5-11-19-12-8-16(20)9-13-19/h3-4,6-7,16,18,20H,2,5,8-14H2,1H3. The molecule has 1 heterocycles. The second-order valence-corrected chi connectivity index (χ2v) is 5.64. The summed E-state index contributed by atoms with van der Waals surface area (Å²) in [7, 11) is 0. The zero-order valence-electron chi connectivity index (χ0n) is 13.1. The van der Waals surface area contributed by atoms with Crippen molar-refractivity contribution in [2.24, 2.45) is 0 Å². The van der Waals surface area contributed by atoms with E-state index < -0.39 is 0 Å². The van der Waals surface area contributed by atoms with E-state index in [0.29, 0.717) is 6.61 Å². The van der Waals surface area contributed by atoms with Crippen LogP contribution >= 0.6 is 0 Å². The fourth-order valence-corrected chi connectivity index (χ4v) is 2.74. The van der Waals surface area contributed by atoms with Crippen LogP contribution in [0.2, 0.25) is 0 Å². The first-order chi connectivity index (χ1) is 10.3. The maximum Gasteiger partial charge on any atom is 0.123 e. The van der Waals surface area contributed by atoms with E-state index in [2.05, 4.69) is 22.3 Å². The molecule has 1 aromatic carbocycles. The molecule has 0 saturated carbocycles. The molecule has 0 aromatic heterocycles. The van der Waals surface area contributed by atoms with E-state index >= 15 is 0 Å². The molecule has 21 heavy (non-hydrogen) atoms. The molecule has 0 atom stereocenters. The lowest BCUT2D eigenvalue weighted by Crippen LogP contribution is -2.37. The number of hydrogen-bond donors (Lipinski definition) is 2. The van der Waals surface area contributed by atoms with Crippen LogP contribution in [0.15, 0.2) is 24.3 Å². The van der Waals surface area contributed by atoms with E-state index in [1.165, 1.54) is 5.56 Å². The molecule has 1 saturated heterocycles. The van der Waals surface area contributed by atoms with Crippen LogP contribution in [-0.2, 0) is 6.54 Å². The number of para-hydroxylation sites is 1. The van der Waals surface area contributed by atoms with Gasteiger partial charge < -0.3 is 20.1 Å². The van der Waals surface area contributed by atoms with Gasteiger partial charge in [0.2, 0.25) is 0 Å². The molecule has 2 N–H and O–H groups in total. The van der Waals surface area contributed by atoms with Gasteiger partial charge in [-0.05, 0) is 45.3 Å². The summed E-state index contributed by atoms with van der Waals surface area (Å²) in [5, 5.41) is 13.0. The molecular weight excluding hydrogens is 264 g/mol. The van der Waals surface area contributed by atoms with Gasteiger partial charge in [0.15, 0.2) is 0 Å². The Morgan fingerprint density at radius 3 is 2.81 bits per heavy atom. The summed E-state index contributed by atoms with van der Waals surface area (Å²) in [6.07, 6.45) is 2.92. The maximum absolute atomic E-state index is 9.48. The van der Waals surface area contributed by atoms with Crippen LogP contribution in [0.3, 0.4) is 0 Å². The van der Waals surface area contributed by atoms with Gasteiger partial charge in [0.1, 0.15) is 5.75 Å². The van der Waals surface area contributed by atoms with Gasteiger partial charge in [-0.3, -0.25) is 0 Å². The zero-order valence-corrected chi connectivity index (χ0v) is 13.1. The first-order valence-electron chi connectivity index (χ1n) is 8.11. The predicted octanol–water partition coefficient (Wildman–Crippen LogP) is 2.02. The third-order valence-corrected chi connectivity index (χ3v) is 3.97. The molecule has 4 nitrogen and oxygen atoms in total. The highest BCUT2D eigenvalue weighted by Crippen LogP contribution is 2.17. The Bertz CT molecular complexity index is 404. The predicted molar refractivity (Wildman–Crippen MR) is 85.6 cm³/mol. The highest BCUT2D eigenvalue weighted by Gasteiger charge is 2.15. The van der Waals surface area contributed by atoms with E-state index in [9.17, 15) is 5.11 Å². The number of likely N-dealkylation sites (tertiary alicyclic amines) is 1. The number of ether oxygens (including phenoxy) is 1. The Labute approximate surface area is 128 Å². The largest absolute Gasteiger partial charge is 0.494 e. The minimum atomic E-state index is -0.0746. The fourth-order valence-electron chi connectivity index (χ4n) is 2.74. The summed E-state index contributed by atoms with van der Waals surface area (Å²) in [4.78, 5) is 2.45. The molecule has 0 unspecified atom stereocenters. The molecule has 0 spiro atoms. The van der Waals surface area contributed by atoms with Gasteiger partial charge in [0, 0.05) is 25.2 Å². The van der Waals surface area contributed by atoms with Crippen molar-refractivity contribution in [2.75, 3.05) is 32.8 Å². The Hall–Kier alpha value is -1.10. The van der Waals surface area contributed by atoms with Crippen molar-refractivity contribution < 1.29 is 9.84 Å². The van der Waals surface area contributed by atoms with Crippen molar-refractivity contribution in [2.45, 2.75) is 38.8 Å². The van der Waals surface area contributed by atoms with Crippen molar-refractivity contribution in [1.82, 2.24) is 10.2 Å². The van der Waals surface area contributed by atoms with Crippen LogP contribution in [-0.4, -0.2) is 48.9 Å². The number of aliphatic hydroxyl groups excluding tert-OH is 1. The molecule has 0 amide bonds. The lowest BCUT2D eigenvalue weighted by Gasteiger charge is -2.29. The van der Waals surface area contributed by atoms with Crippen molar-refractivity contribution in [3.63, 3.8) is 0 Å². The molecule has 0 bridgehead atoms. The molecule has 2 rings (SSSR count). The highest BCUT2D eigenvalue weighted by molar-refractivity contribution is 5.33. The Morgan fingerprint density at radius 2 is 2.05 bits per heavy atom. The molecule has 118 valence electrons. The zero-order chi connectivity index (χ0) is 14.9. The Kier molecular flexibility index (Phi) is 7.00. The molecule has 4 heteroatoms. The number of rotatable bonds is 8. The minimum absolute atomic E-state index is 0.0746. The van der Waals surface area contributed by atoms with Crippen molar-refractivity contribution in [1.29, 1.82) is 0 Å². The average molecular weight is 292 g/mol. The highest BCUT2D eigenvalue weighted by atomic mass is 16.5. The third-order valence-electron chi connectivity index (χ3n) is 3.97. The summed E-state index contributed by atoms with van der Waals surface area (Å²) in [6.45, 7) is 7.78. The van der Waals surface area contributed by atoms with Crippen LogP contribution in [0.1, 0.15) is 31.7 Å². The maximum atomic E-state index is 9.48. The molecule has 0 radical (unpaired) electrons. The van der Waals surface area contributed by atoms with Crippen LogP contribution in [0.4, 0.5) is 0 Å². The van der Waals surface area contributed by atoms with E-state index in [1.807, 2.05) is 19.1 Å². The van der Waals surface area contributed by atoms with Crippen molar-refractivity contribution in [3.8, 4) is 5.75 Å². The van der Waals surface area contributed by atoms with Gasteiger partial charge in [-0.2, -0.15) is 0 Å². The SMILES string of the molecule is CCOc1ccccc1CNCCCN1CCC(O)CC1. The summed E-state index contributed by atoms with van der Waals surface area (Å²) < 4.78 is 5.63. The van der Waals surface area contributed by atoms with Gasteiger partial charge in [0.05, 0.1) is 12.7 Å². The summed E-state index contributed by atoms with van der Waals surface area (Å²) >= 11 is 0. The minimum Gasteiger partial charge on any atom is -0.494 e. The number of nitrogens with one attached hydrogen (secondary N) is 1. The first-order valence-corrected chi connectivity index (χ1v) is 8.11. The second-order valence-electron chi connectivity index (χ2n) is 5.64. The molecule has 1 aliphatic rings. The third kappa shape index (κ3) is 5.65. The average Bonchev–Trinajstić information content (AvgIpc) is 2.51. The fraction of sp³-hybridized carbons (Fsp3) is 0.647. The number of hydrogen-bond acceptors (Lipinski definition) is 4. The van der Waals surface area contributed by atoms with Gasteiger partial charge in [0.25, 0.3) is 0 Å². The van der Waals surface area contributed by atoms with Gasteiger partial charge in [-0.1, -0.05) is 18.2 Å². The van der Waals surface area contributed by atoms with Crippen molar-refractivity contribution in [3.05, 3.63) is 29.8 Å². The van der Waals surface area contributed by atoms with Gasteiger partial charge >= 0.3 is 0 Å². The lowest BCUT2D eigenvalue weighted by atomic mass is 10.1. The second kappa shape index (κ2) is 9.03. The molecule has 1 aliphatic heterocycles. The van der Waals surface area contributed by atoms with Crippen LogP contribution < -0.4 is 10.1 Å². The smallest absolute Gasteiger partial charge is 0.123 e. The Balaban J connectivity index is 1.61. The lowest BCUT2D eigenvalue weighted by molar-refractivity contribution is 0.0821. The van der Waals surface area contributed by atoms with E-state index in [-0.39, 0.29) is 6.10 Å². The number of piperidine rings is 1. The van der Waals surface area contributed by atoms with Crippen molar-refractivity contribution >= 4 is 0 Å². The van der Waals surface area contributed by atoms with E-state index in [4.69, 9.17) is 4.74 Å². The molecular formula is C17H28N2O2. The van der Waals surface area contributed by atoms with Gasteiger partial charge in [-0.15, -0.1) is 0 Å². The first kappa shape index (κ1) is 16.3. The van der Waals surface area contributed by atoms with Gasteiger partial charge in [-0.25, -0.2) is 0 Å². The summed E-state index contributed by atoms with van der Waals surface area (Å²) in [6, 6.07) is 8.21. The molecule has 1 aromatic rings. The topological polar surface area (TPSA) is 44.7 Å². The van der Waals surface area contributed by atoms with Crippen LogP contribution in [0.25, 0.3) is 0 Å². The molecule has 1 fully saturated rings. The van der Waals surface area contributed by atoms with E-state index in [1.54, 1.807) is 0 Å².